The molecule has 3 aliphatic carbocycles. The number of anilines is 6. The summed E-state index contributed by atoms with van der Waals surface area (Å²) in [5, 5.41) is 0. The lowest BCUT2D eigenvalue weighted by molar-refractivity contribution is 0.530. The molecular formula is C60H59N3. The van der Waals surface area contributed by atoms with Gasteiger partial charge in [0.25, 0.3) is 0 Å². The molecule has 0 N–H and O–H groups in total. The Kier molecular flexibility index (Phi) is 10.4. The van der Waals surface area contributed by atoms with Crippen molar-refractivity contribution in [2.75, 3.05) is 9.80 Å². The Balaban J connectivity index is 0.903. The van der Waals surface area contributed by atoms with Crippen molar-refractivity contribution in [2.24, 2.45) is 0 Å². The molecule has 1 aromatic heterocycles. The van der Waals surface area contributed by atoms with Crippen molar-refractivity contribution in [2.45, 2.75) is 108 Å². The van der Waals surface area contributed by atoms with Crippen LogP contribution >= 0.6 is 0 Å². The van der Waals surface area contributed by atoms with Crippen molar-refractivity contribution in [3.8, 4) is 11.1 Å². The van der Waals surface area contributed by atoms with E-state index in [-0.39, 0.29) is 10.8 Å². The Bertz CT molecular complexity index is 2770. The lowest BCUT2D eigenvalue weighted by Crippen LogP contribution is -2.33. The van der Waals surface area contributed by atoms with E-state index in [0.29, 0.717) is 0 Å². The largest absolute Gasteiger partial charge is 0.310 e. The molecule has 3 heteroatoms. The SMILES string of the molecule is CCCCCCc1ccccc1N(c1ccc(C=Cc2ccc3c(c2)C2(CCCC2)c2cc(N4c5ccccc5C5(CCCC5)c5ccccc54)ccc2-3)nc1)c1ccccc1C. The van der Waals surface area contributed by atoms with Crippen LogP contribution in [-0.2, 0) is 17.3 Å². The number of aryl methyl sites for hydroxylation is 2. The summed E-state index contributed by atoms with van der Waals surface area (Å²) in [6.45, 7) is 4.49. The Morgan fingerprint density at radius 1 is 0.571 bits per heavy atom. The van der Waals surface area contributed by atoms with Gasteiger partial charge in [-0.1, -0.05) is 155 Å². The molecule has 3 nitrogen and oxygen atoms in total. The Labute approximate surface area is 375 Å². The number of hydrogen-bond acceptors (Lipinski definition) is 3. The van der Waals surface area contributed by atoms with Gasteiger partial charge in [0.2, 0.25) is 0 Å². The molecule has 6 aromatic carbocycles. The van der Waals surface area contributed by atoms with Crippen LogP contribution < -0.4 is 9.80 Å². The maximum atomic E-state index is 5.06. The number of unbranched alkanes of at least 4 members (excludes halogenated alkanes) is 3. The maximum absolute atomic E-state index is 5.06. The monoisotopic (exact) mass is 821 g/mol. The number of aromatic nitrogens is 1. The summed E-state index contributed by atoms with van der Waals surface area (Å²) in [5.74, 6) is 0. The van der Waals surface area contributed by atoms with Crippen LogP contribution in [0, 0.1) is 6.92 Å². The standard InChI is InChI=1S/C60H59N3/c1-3-4-5-6-20-45-21-8-12-25-56(45)63(55-24-11-7-19-43(55)2)48-32-31-46(61-42-48)30-28-44-29-34-49-50-35-33-47(41-54(50)60(53(49)40-44)38-17-18-39-60)62-57-26-13-9-22-51(57)59(36-15-16-37-59)52-23-10-14-27-58(52)62/h7-14,19,21-35,40-42H,3-6,15-18,20,36-39H2,1-2H3. The highest BCUT2D eigenvalue weighted by Gasteiger charge is 2.47. The summed E-state index contributed by atoms with van der Waals surface area (Å²) in [7, 11) is 0. The third-order valence-electron chi connectivity index (χ3n) is 15.2. The van der Waals surface area contributed by atoms with Gasteiger partial charge in [-0.25, -0.2) is 0 Å². The van der Waals surface area contributed by atoms with Crippen LogP contribution in [0.1, 0.15) is 129 Å². The van der Waals surface area contributed by atoms with E-state index >= 15 is 0 Å². The molecule has 2 spiro atoms. The van der Waals surface area contributed by atoms with E-state index in [9.17, 15) is 0 Å². The van der Waals surface area contributed by atoms with Gasteiger partial charge in [0, 0.05) is 27.9 Å². The second-order valence-electron chi connectivity index (χ2n) is 18.8. The van der Waals surface area contributed by atoms with Crippen LogP contribution in [0.5, 0.6) is 0 Å². The first-order valence-corrected chi connectivity index (χ1v) is 23.9. The normalized spacial score (nSPS) is 16.4. The first kappa shape index (κ1) is 39.6. The summed E-state index contributed by atoms with van der Waals surface area (Å²) >= 11 is 0. The van der Waals surface area contributed by atoms with Crippen LogP contribution in [0.4, 0.5) is 34.1 Å². The molecule has 0 amide bonds. The molecule has 1 aliphatic heterocycles. The number of rotatable bonds is 11. The van der Waals surface area contributed by atoms with Gasteiger partial charge in [-0.2, -0.15) is 0 Å². The van der Waals surface area contributed by atoms with E-state index in [4.69, 9.17) is 4.98 Å². The molecule has 314 valence electrons. The minimum absolute atomic E-state index is 0.0389. The van der Waals surface area contributed by atoms with E-state index in [1.807, 2.05) is 0 Å². The van der Waals surface area contributed by atoms with Gasteiger partial charge < -0.3 is 9.80 Å². The Morgan fingerprint density at radius 2 is 1.19 bits per heavy atom. The summed E-state index contributed by atoms with van der Waals surface area (Å²) in [4.78, 5) is 10.1. The predicted octanol–water partition coefficient (Wildman–Crippen LogP) is 16.6. The molecular weight excluding hydrogens is 763 g/mol. The molecule has 2 fully saturated rings. The average Bonchev–Trinajstić information content (AvgIpc) is 4.09. The lowest BCUT2D eigenvalue weighted by Gasteiger charge is -2.44. The van der Waals surface area contributed by atoms with Gasteiger partial charge in [-0.05, 0) is 150 Å². The second kappa shape index (κ2) is 16.5. The maximum Gasteiger partial charge on any atom is 0.0645 e. The van der Waals surface area contributed by atoms with Crippen molar-refractivity contribution < 1.29 is 0 Å². The van der Waals surface area contributed by atoms with Gasteiger partial charge in [0.1, 0.15) is 0 Å². The fraction of sp³-hybridized carbons (Fsp3) is 0.283. The van der Waals surface area contributed by atoms with Gasteiger partial charge in [-0.15, -0.1) is 0 Å². The predicted molar refractivity (Wildman–Crippen MR) is 265 cm³/mol. The van der Waals surface area contributed by atoms with E-state index in [1.165, 1.54) is 156 Å². The quantitative estimate of drug-likeness (QED) is 0.121. The fourth-order valence-electron chi connectivity index (χ4n) is 12.2. The van der Waals surface area contributed by atoms with E-state index in [2.05, 4.69) is 188 Å². The number of pyridine rings is 1. The summed E-state index contributed by atoms with van der Waals surface area (Å²) in [5.41, 5.74) is 21.3. The van der Waals surface area contributed by atoms with Crippen molar-refractivity contribution >= 4 is 46.3 Å². The van der Waals surface area contributed by atoms with Gasteiger partial charge in [0.05, 0.1) is 29.0 Å². The molecule has 7 aromatic rings. The highest BCUT2D eigenvalue weighted by molar-refractivity contribution is 5.90. The van der Waals surface area contributed by atoms with E-state index in [0.717, 1.165) is 17.8 Å². The lowest BCUT2D eigenvalue weighted by atomic mass is 9.69. The summed E-state index contributed by atoms with van der Waals surface area (Å²) in [6.07, 6.45) is 22.6. The number of benzene rings is 6. The number of hydrogen-bond donors (Lipinski definition) is 0. The van der Waals surface area contributed by atoms with E-state index in [1.54, 1.807) is 0 Å². The first-order valence-electron chi connectivity index (χ1n) is 23.9. The third kappa shape index (κ3) is 6.74. The van der Waals surface area contributed by atoms with Crippen LogP contribution in [0.2, 0.25) is 0 Å². The van der Waals surface area contributed by atoms with Gasteiger partial charge in [0.15, 0.2) is 0 Å². The summed E-state index contributed by atoms with van der Waals surface area (Å²) < 4.78 is 0. The zero-order valence-electron chi connectivity index (χ0n) is 37.1. The molecule has 0 radical (unpaired) electrons. The average molecular weight is 822 g/mol. The molecule has 0 atom stereocenters. The fourth-order valence-corrected chi connectivity index (χ4v) is 12.2. The number of para-hydroxylation sites is 4. The second-order valence-corrected chi connectivity index (χ2v) is 18.8. The smallest absolute Gasteiger partial charge is 0.0645 e. The minimum Gasteiger partial charge on any atom is -0.310 e. The molecule has 2 saturated carbocycles. The molecule has 11 rings (SSSR count). The summed E-state index contributed by atoms with van der Waals surface area (Å²) in [6, 6.07) is 55.2. The van der Waals surface area contributed by atoms with Crippen LogP contribution in [0.15, 0.2) is 152 Å². The van der Waals surface area contributed by atoms with Crippen molar-refractivity contribution in [3.63, 3.8) is 0 Å². The molecule has 4 aliphatic rings. The topological polar surface area (TPSA) is 19.4 Å². The highest BCUT2D eigenvalue weighted by atomic mass is 15.2. The van der Waals surface area contributed by atoms with Crippen LogP contribution in [0.25, 0.3) is 23.3 Å². The first-order chi connectivity index (χ1) is 31.1. The Hall–Kier alpha value is -6.19. The molecule has 0 bridgehead atoms. The van der Waals surface area contributed by atoms with E-state index < -0.39 is 0 Å². The van der Waals surface area contributed by atoms with Crippen molar-refractivity contribution in [1.29, 1.82) is 0 Å². The van der Waals surface area contributed by atoms with Crippen LogP contribution in [-0.4, -0.2) is 4.98 Å². The highest BCUT2D eigenvalue weighted by Crippen LogP contribution is 2.61. The van der Waals surface area contributed by atoms with Crippen molar-refractivity contribution in [1.82, 2.24) is 4.98 Å². The van der Waals surface area contributed by atoms with Crippen molar-refractivity contribution in [3.05, 3.63) is 196 Å². The molecule has 63 heavy (non-hydrogen) atoms. The molecule has 0 unspecified atom stereocenters. The van der Waals surface area contributed by atoms with Gasteiger partial charge >= 0.3 is 0 Å². The minimum atomic E-state index is 0.0389. The van der Waals surface area contributed by atoms with Crippen LogP contribution in [0.3, 0.4) is 0 Å². The Morgan fingerprint density at radius 3 is 1.87 bits per heavy atom. The molecule has 0 saturated heterocycles. The van der Waals surface area contributed by atoms with Gasteiger partial charge in [-0.3, -0.25) is 4.98 Å². The zero-order valence-corrected chi connectivity index (χ0v) is 37.1. The third-order valence-corrected chi connectivity index (χ3v) is 15.2. The zero-order chi connectivity index (χ0) is 42.4. The molecule has 2 heterocycles. The number of nitrogens with zero attached hydrogens (tertiary/aromatic N) is 3. The number of fused-ring (bicyclic) bond motifs is 9.